The zero-order chi connectivity index (χ0) is 19.9. The van der Waals surface area contributed by atoms with Crippen LogP contribution in [0.2, 0.25) is 0 Å². The van der Waals surface area contributed by atoms with E-state index in [1.54, 1.807) is 17.0 Å². The van der Waals surface area contributed by atoms with Crippen molar-refractivity contribution in [2.24, 2.45) is 0 Å². The molecule has 0 aliphatic carbocycles. The monoisotopic (exact) mass is 388 g/mol. The van der Waals surface area contributed by atoms with Crippen molar-refractivity contribution in [2.75, 3.05) is 38.0 Å². The molecule has 0 radical (unpaired) electrons. The number of urea groups is 1. The summed E-state index contributed by atoms with van der Waals surface area (Å²) in [7, 11) is 0. The third-order valence-corrected chi connectivity index (χ3v) is 4.51. The number of hydrogen-bond acceptors (Lipinski definition) is 3. The van der Waals surface area contributed by atoms with Crippen LogP contribution in [0.3, 0.4) is 0 Å². The number of carbonyl (C=O) groups excluding carboxylic acids is 2. The van der Waals surface area contributed by atoms with Gasteiger partial charge >= 0.3 is 6.03 Å². The van der Waals surface area contributed by atoms with Crippen LogP contribution >= 0.6 is 0 Å². The molecule has 1 fully saturated rings. The van der Waals surface area contributed by atoms with Crippen LogP contribution in [-0.2, 0) is 11.3 Å². The van der Waals surface area contributed by atoms with Gasteiger partial charge in [-0.05, 0) is 42.0 Å². The Morgan fingerprint density at radius 1 is 0.857 bits per heavy atom. The van der Waals surface area contributed by atoms with E-state index in [0.717, 1.165) is 5.56 Å². The Morgan fingerprint density at radius 3 is 2.04 bits per heavy atom. The number of nitrogens with zero attached hydrogens (tertiary/aromatic N) is 2. The minimum absolute atomic E-state index is 0.180. The van der Waals surface area contributed by atoms with Gasteiger partial charge in [-0.15, -0.1) is 0 Å². The molecule has 8 heteroatoms. The fourth-order valence-corrected chi connectivity index (χ4v) is 2.94. The highest BCUT2D eigenvalue weighted by Gasteiger charge is 2.22. The van der Waals surface area contributed by atoms with Crippen LogP contribution in [0.15, 0.2) is 48.5 Å². The summed E-state index contributed by atoms with van der Waals surface area (Å²) in [5.41, 5.74) is 1.37. The van der Waals surface area contributed by atoms with Crippen molar-refractivity contribution in [2.45, 2.75) is 6.54 Å². The van der Waals surface area contributed by atoms with Crippen LogP contribution in [-0.4, -0.2) is 54.5 Å². The molecule has 1 saturated heterocycles. The highest BCUT2D eigenvalue weighted by molar-refractivity contribution is 5.92. The molecule has 28 heavy (non-hydrogen) atoms. The number of halogens is 2. The molecule has 0 spiro atoms. The van der Waals surface area contributed by atoms with Gasteiger partial charge in [-0.2, -0.15) is 0 Å². The van der Waals surface area contributed by atoms with Gasteiger partial charge in [0.15, 0.2) is 0 Å². The summed E-state index contributed by atoms with van der Waals surface area (Å²) in [6.45, 7) is 2.74. The SMILES string of the molecule is O=C(CN1CCN(C(=O)NCc2ccc(F)cc2)CC1)Nc1ccc(F)cc1. The summed E-state index contributed by atoms with van der Waals surface area (Å²) in [6.07, 6.45) is 0. The lowest BCUT2D eigenvalue weighted by Crippen LogP contribution is -2.52. The average molecular weight is 388 g/mol. The van der Waals surface area contributed by atoms with Crippen LogP contribution in [0.25, 0.3) is 0 Å². The minimum atomic E-state index is -0.355. The van der Waals surface area contributed by atoms with Crippen molar-refractivity contribution in [3.63, 3.8) is 0 Å². The first-order valence-electron chi connectivity index (χ1n) is 9.04. The van der Waals surface area contributed by atoms with E-state index in [-0.39, 0.29) is 30.1 Å². The highest BCUT2D eigenvalue weighted by Crippen LogP contribution is 2.09. The Balaban J connectivity index is 1.38. The van der Waals surface area contributed by atoms with E-state index in [4.69, 9.17) is 0 Å². The number of benzene rings is 2. The molecule has 0 bridgehead atoms. The third kappa shape index (κ3) is 5.75. The number of rotatable bonds is 5. The summed E-state index contributed by atoms with van der Waals surface area (Å²) in [6, 6.07) is 11.4. The molecular formula is C20H22F2N4O2. The van der Waals surface area contributed by atoms with Crippen molar-refractivity contribution in [1.29, 1.82) is 0 Å². The Morgan fingerprint density at radius 2 is 1.43 bits per heavy atom. The molecule has 0 aromatic heterocycles. The van der Waals surface area contributed by atoms with Gasteiger partial charge in [-0.25, -0.2) is 13.6 Å². The molecule has 1 aliphatic heterocycles. The molecular weight excluding hydrogens is 366 g/mol. The molecule has 148 valence electrons. The first-order chi connectivity index (χ1) is 13.5. The number of hydrogen-bond donors (Lipinski definition) is 2. The molecule has 3 rings (SSSR count). The van der Waals surface area contributed by atoms with E-state index in [1.807, 2.05) is 4.90 Å². The standard InChI is InChI=1S/C20H22F2N4O2/c21-16-3-1-15(2-4-16)13-23-20(28)26-11-9-25(10-12-26)14-19(27)24-18-7-5-17(22)6-8-18/h1-8H,9-14H2,(H,23,28)(H,24,27). The van der Waals surface area contributed by atoms with E-state index in [0.29, 0.717) is 38.4 Å². The van der Waals surface area contributed by atoms with Crippen molar-refractivity contribution < 1.29 is 18.4 Å². The summed E-state index contributed by atoms with van der Waals surface area (Å²) in [5.74, 6) is -0.845. The number of amides is 3. The first-order valence-corrected chi connectivity index (χ1v) is 9.04. The quantitative estimate of drug-likeness (QED) is 0.827. The van der Waals surface area contributed by atoms with Crippen molar-refractivity contribution >= 4 is 17.6 Å². The maximum atomic E-state index is 12.9. The van der Waals surface area contributed by atoms with E-state index >= 15 is 0 Å². The smallest absolute Gasteiger partial charge is 0.317 e. The number of anilines is 1. The number of carbonyl (C=O) groups is 2. The van der Waals surface area contributed by atoms with E-state index in [9.17, 15) is 18.4 Å². The molecule has 2 aromatic rings. The summed E-state index contributed by atoms with van der Waals surface area (Å²) >= 11 is 0. The zero-order valence-electron chi connectivity index (χ0n) is 15.3. The number of nitrogens with one attached hydrogen (secondary N) is 2. The maximum absolute atomic E-state index is 12.9. The molecule has 2 N–H and O–H groups in total. The van der Waals surface area contributed by atoms with Crippen molar-refractivity contribution in [3.05, 3.63) is 65.7 Å². The van der Waals surface area contributed by atoms with Crippen LogP contribution in [0.1, 0.15) is 5.56 Å². The lowest BCUT2D eigenvalue weighted by Gasteiger charge is -2.34. The van der Waals surface area contributed by atoms with Gasteiger partial charge in [0.25, 0.3) is 0 Å². The summed E-state index contributed by atoms with van der Waals surface area (Å²) in [5, 5.41) is 5.54. The van der Waals surface area contributed by atoms with Crippen LogP contribution in [0, 0.1) is 11.6 Å². The molecule has 0 atom stereocenters. The first kappa shape index (κ1) is 19.8. The Kier molecular flexibility index (Phi) is 6.54. The van der Waals surface area contributed by atoms with Gasteiger partial charge in [0.2, 0.25) is 5.91 Å². The van der Waals surface area contributed by atoms with Gasteiger partial charge in [0, 0.05) is 38.4 Å². The molecule has 6 nitrogen and oxygen atoms in total. The fraction of sp³-hybridized carbons (Fsp3) is 0.300. The number of piperazine rings is 1. The van der Waals surface area contributed by atoms with Gasteiger partial charge < -0.3 is 15.5 Å². The Hall–Kier alpha value is -3.00. The highest BCUT2D eigenvalue weighted by atomic mass is 19.1. The van der Waals surface area contributed by atoms with Gasteiger partial charge in [-0.3, -0.25) is 9.69 Å². The predicted molar refractivity (Wildman–Crippen MR) is 102 cm³/mol. The molecule has 1 aliphatic rings. The Bertz CT molecular complexity index is 804. The minimum Gasteiger partial charge on any atom is -0.334 e. The normalized spacial score (nSPS) is 14.6. The fourth-order valence-electron chi connectivity index (χ4n) is 2.94. The van der Waals surface area contributed by atoms with Crippen molar-refractivity contribution in [1.82, 2.24) is 15.1 Å². The second kappa shape index (κ2) is 9.27. The van der Waals surface area contributed by atoms with Crippen molar-refractivity contribution in [3.8, 4) is 0 Å². The third-order valence-electron chi connectivity index (χ3n) is 4.51. The molecule has 0 unspecified atom stereocenters. The van der Waals surface area contributed by atoms with E-state index < -0.39 is 0 Å². The van der Waals surface area contributed by atoms with E-state index in [1.165, 1.54) is 36.4 Å². The van der Waals surface area contributed by atoms with Gasteiger partial charge in [-0.1, -0.05) is 12.1 Å². The largest absolute Gasteiger partial charge is 0.334 e. The van der Waals surface area contributed by atoms with E-state index in [2.05, 4.69) is 10.6 Å². The molecule has 2 aromatic carbocycles. The topological polar surface area (TPSA) is 64.7 Å². The molecule has 3 amide bonds. The van der Waals surface area contributed by atoms with Crippen LogP contribution in [0.5, 0.6) is 0 Å². The molecule has 0 saturated carbocycles. The second-order valence-electron chi connectivity index (χ2n) is 6.60. The van der Waals surface area contributed by atoms with Gasteiger partial charge in [0.1, 0.15) is 11.6 Å². The summed E-state index contributed by atoms with van der Waals surface area (Å²) < 4.78 is 25.8. The van der Waals surface area contributed by atoms with Crippen LogP contribution in [0.4, 0.5) is 19.3 Å². The van der Waals surface area contributed by atoms with Gasteiger partial charge in [0.05, 0.1) is 6.54 Å². The Labute approximate surface area is 162 Å². The predicted octanol–water partition coefficient (Wildman–Crippen LogP) is 2.43. The second-order valence-corrected chi connectivity index (χ2v) is 6.60. The maximum Gasteiger partial charge on any atom is 0.317 e. The lowest BCUT2D eigenvalue weighted by molar-refractivity contribution is -0.117. The zero-order valence-corrected chi connectivity index (χ0v) is 15.3. The van der Waals surface area contributed by atoms with Crippen LogP contribution < -0.4 is 10.6 Å². The summed E-state index contributed by atoms with van der Waals surface area (Å²) in [4.78, 5) is 28.0. The lowest BCUT2D eigenvalue weighted by atomic mass is 10.2. The molecule has 1 heterocycles. The average Bonchev–Trinajstić information content (AvgIpc) is 2.69.